The van der Waals surface area contributed by atoms with Crippen molar-refractivity contribution < 1.29 is 4.74 Å². The van der Waals surface area contributed by atoms with E-state index in [1.165, 1.54) is 4.88 Å². The Morgan fingerprint density at radius 3 is 2.79 bits per heavy atom. The van der Waals surface area contributed by atoms with Gasteiger partial charge in [-0.2, -0.15) is 0 Å². The van der Waals surface area contributed by atoms with Crippen molar-refractivity contribution in [2.45, 2.75) is 19.4 Å². The number of benzene rings is 1. The summed E-state index contributed by atoms with van der Waals surface area (Å²) in [5, 5.41) is 2.08. The van der Waals surface area contributed by atoms with Crippen LogP contribution in [0.3, 0.4) is 0 Å². The average Bonchev–Trinajstić information content (AvgIpc) is 2.82. The molecule has 1 aromatic heterocycles. The molecule has 0 spiro atoms. The maximum atomic E-state index is 5.69. The van der Waals surface area contributed by atoms with E-state index in [2.05, 4.69) is 44.9 Å². The lowest BCUT2D eigenvalue weighted by molar-refractivity contribution is 0.410. The highest BCUT2D eigenvalue weighted by Crippen LogP contribution is 2.28. The monoisotopic (exact) mass is 340 g/mol. The number of halogens is 1. The van der Waals surface area contributed by atoms with E-state index in [4.69, 9.17) is 10.6 Å². The molecule has 2 aromatic rings. The van der Waals surface area contributed by atoms with Crippen molar-refractivity contribution in [1.82, 2.24) is 5.43 Å². The third kappa shape index (κ3) is 3.57. The fraction of sp³-hybridized carbons (Fsp3) is 0.286. The molecule has 0 radical (unpaired) electrons. The molecule has 0 aliphatic carbocycles. The van der Waals surface area contributed by atoms with Crippen LogP contribution in [0, 0.1) is 6.92 Å². The number of nitrogens with one attached hydrogen (secondary N) is 1. The quantitative estimate of drug-likeness (QED) is 0.646. The molecule has 0 aliphatic heterocycles. The molecule has 3 nitrogen and oxygen atoms in total. The van der Waals surface area contributed by atoms with Crippen LogP contribution in [0.15, 0.2) is 34.1 Å². The van der Waals surface area contributed by atoms with E-state index in [-0.39, 0.29) is 6.04 Å². The summed E-state index contributed by atoms with van der Waals surface area (Å²) in [6.45, 7) is 2.03. The second kappa shape index (κ2) is 6.52. The van der Waals surface area contributed by atoms with Gasteiger partial charge in [0, 0.05) is 21.2 Å². The van der Waals surface area contributed by atoms with Crippen molar-refractivity contribution in [3.8, 4) is 5.75 Å². The topological polar surface area (TPSA) is 47.3 Å². The van der Waals surface area contributed by atoms with Gasteiger partial charge in [0.25, 0.3) is 0 Å². The summed E-state index contributed by atoms with van der Waals surface area (Å²) in [6.07, 6.45) is 0.860. The lowest BCUT2D eigenvalue weighted by Crippen LogP contribution is -2.29. The van der Waals surface area contributed by atoms with Crippen LogP contribution < -0.4 is 16.0 Å². The van der Waals surface area contributed by atoms with Gasteiger partial charge in [-0.05, 0) is 46.1 Å². The molecule has 0 amide bonds. The SMILES string of the molecule is COc1cc(C(Cc2cc(Br)cs2)NN)ccc1C. The molecule has 0 bridgehead atoms. The van der Waals surface area contributed by atoms with Crippen molar-refractivity contribution in [2.24, 2.45) is 5.84 Å². The zero-order valence-electron chi connectivity index (χ0n) is 10.9. The first-order valence-corrected chi connectivity index (χ1v) is 7.65. The van der Waals surface area contributed by atoms with Gasteiger partial charge in [-0.1, -0.05) is 12.1 Å². The van der Waals surface area contributed by atoms with Crippen molar-refractivity contribution in [2.75, 3.05) is 7.11 Å². The highest BCUT2D eigenvalue weighted by Gasteiger charge is 2.13. The second-order valence-electron chi connectivity index (χ2n) is 4.38. The molecule has 102 valence electrons. The first kappa shape index (κ1) is 14.5. The van der Waals surface area contributed by atoms with E-state index in [0.717, 1.165) is 27.8 Å². The molecule has 1 aromatic carbocycles. The minimum atomic E-state index is 0.0834. The van der Waals surface area contributed by atoms with Gasteiger partial charge < -0.3 is 4.74 Å². The average molecular weight is 341 g/mol. The number of hydrogen-bond donors (Lipinski definition) is 2. The van der Waals surface area contributed by atoms with Crippen LogP contribution >= 0.6 is 27.3 Å². The molecule has 5 heteroatoms. The molecule has 3 N–H and O–H groups in total. The summed E-state index contributed by atoms with van der Waals surface area (Å²) in [7, 11) is 1.69. The molecule has 1 atom stereocenters. The van der Waals surface area contributed by atoms with Crippen LogP contribution in [0.4, 0.5) is 0 Å². The molecule has 0 fully saturated rings. The van der Waals surface area contributed by atoms with Crippen LogP contribution in [0.2, 0.25) is 0 Å². The van der Waals surface area contributed by atoms with Crippen LogP contribution in [-0.4, -0.2) is 7.11 Å². The zero-order valence-corrected chi connectivity index (χ0v) is 13.3. The minimum absolute atomic E-state index is 0.0834. The van der Waals surface area contributed by atoms with Crippen LogP contribution in [-0.2, 0) is 6.42 Å². The Hall–Kier alpha value is -0.880. The van der Waals surface area contributed by atoms with Gasteiger partial charge in [-0.25, -0.2) is 0 Å². The normalized spacial score (nSPS) is 12.4. The number of nitrogens with two attached hydrogens (primary N) is 1. The summed E-state index contributed by atoms with van der Waals surface area (Å²) in [4.78, 5) is 1.29. The summed E-state index contributed by atoms with van der Waals surface area (Å²) in [5.74, 6) is 6.58. The number of aryl methyl sites for hydroxylation is 1. The number of hydrazine groups is 1. The highest BCUT2D eigenvalue weighted by molar-refractivity contribution is 9.10. The third-order valence-corrected chi connectivity index (χ3v) is 4.78. The maximum absolute atomic E-state index is 5.69. The van der Waals surface area contributed by atoms with Gasteiger partial charge in [0.2, 0.25) is 0 Å². The van der Waals surface area contributed by atoms with Crippen molar-refractivity contribution in [1.29, 1.82) is 0 Å². The first-order chi connectivity index (χ1) is 9.13. The predicted molar refractivity (Wildman–Crippen MR) is 83.5 cm³/mol. The fourth-order valence-electron chi connectivity index (χ4n) is 1.99. The second-order valence-corrected chi connectivity index (χ2v) is 6.30. The molecule has 1 unspecified atom stereocenters. The Morgan fingerprint density at radius 2 is 2.21 bits per heavy atom. The molecule has 1 heterocycles. The Morgan fingerprint density at radius 1 is 1.42 bits per heavy atom. The fourth-order valence-corrected chi connectivity index (χ4v) is 3.49. The van der Waals surface area contributed by atoms with E-state index < -0.39 is 0 Å². The van der Waals surface area contributed by atoms with Crippen molar-refractivity contribution >= 4 is 27.3 Å². The van der Waals surface area contributed by atoms with Crippen molar-refractivity contribution in [3.05, 3.63) is 50.1 Å². The van der Waals surface area contributed by atoms with E-state index in [1.807, 2.05) is 13.0 Å². The van der Waals surface area contributed by atoms with Gasteiger partial charge in [0.1, 0.15) is 5.75 Å². The van der Waals surface area contributed by atoms with Gasteiger partial charge in [-0.3, -0.25) is 11.3 Å². The lowest BCUT2D eigenvalue weighted by atomic mass is 10.0. The molecule has 0 aliphatic rings. The smallest absolute Gasteiger partial charge is 0.122 e. The minimum Gasteiger partial charge on any atom is -0.496 e. The number of hydrogen-bond acceptors (Lipinski definition) is 4. The highest BCUT2D eigenvalue weighted by atomic mass is 79.9. The van der Waals surface area contributed by atoms with E-state index in [0.29, 0.717) is 0 Å². The molecular formula is C14H17BrN2OS. The Kier molecular flexibility index (Phi) is 4.99. The van der Waals surface area contributed by atoms with E-state index >= 15 is 0 Å². The van der Waals surface area contributed by atoms with Crippen LogP contribution in [0.5, 0.6) is 5.75 Å². The van der Waals surface area contributed by atoms with Crippen LogP contribution in [0.1, 0.15) is 22.0 Å². The van der Waals surface area contributed by atoms with Crippen molar-refractivity contribution in [3.63, 3.8) is 0 Å². The molecule has 0 saturated heterocycles. The molecule has 2 rings (SSSR count). The van der Waals surface area contributed by atoms with Crippen LogP contribution in [0.25, 0.3) is 0 Å². The summed E-state index contributed by atoms with van der Waals surface area (Å²) in [6, 6.07) is 8.40. The van der Waals surface area contributed by atoms with Gasteiger partial charge >= 0.3 is 0 Å². The predicted octanol–water partition coefficient (Wildman–Crippen LogP) is 3.57. The van der Waals surface area contributed by atoms with Gasteiger partial charge in [-0.15, -0.1) is 11.3 Å². The third-order valence-electron chi connectivity index (χ3n) is 3.06. The maximum Gasteiger partial charge on any atom is 0.122 e. The summed E-state index contributed by atoms with van der Waals surface area (Å²) >= 11 is 5.20. The van der Waals surface area contributed by atoms with Gasteiger partial charge in [0.05, 0.1) is 13.2 Å². The summed E-state index contributed by atoms with van der Waals surface area (Å²) in [5.41, 5.74) is 5.14. The Balaban J connectivity index is 2.21. The molecule has 19 heavy (non-hydrogen) atoms. The summed E-state index contributed by atoms with van der Waals surface area (Å²) < 4.78 is 6.48. The van der Waals surface area contributed by atoms with Gasteiger partial charge in [0.15, 0.2) is 0 Å². The zero-order chi connectivity index (χ0) is 13.8. The van der Waals surface area contributed by atoms with E-state index in [1.54, 1.807) is 18.4 Å². The molecule has 0 saturated carbocycles. The Labute approximate surface area is 125 Å². The Bertz CT molecular complexity index is 556. The largest absolute Gasteiger partial charge is 0.496 e. The number of thiophene rings is 1. The lowest BCUT2D eigenvalue weighted by Gasteiger charge is -2.17. The number of ether oxygens (including phenoxy) is 1. The first-order valence-electron chi connectivity index (χ1n) is 5.97. The molecular weight excluding hydrogens is 324 g/mol. The number of methoxy groups -OCH3 is 1. The van der Waals surface area contributed by atoms with E-state index in [9.17, 15) is 0 Å². The number of rotatable bonds is 5. The standard InChI is InChI=1S/C14H17BrN2OS/c1-9-3-4-10(5-14(9)18-2)13(17-16)7-12-6-11(15)8-19-12/h3-6,8,13,17H,7,16H2,1-2H3.